The van der Waals surface area contributed by atoms with Crippen LogP contribution in [0.15, 0.2) is 54.7 Å². The minimum Gasteiger partial charge on any atom is -0.354 e. The summed E-state index contributed by atoms with van der Waals surface area (Å²) in [5.74, 6) is -0.899. The Morgan fingerprint density at radius 1 is 1.04 bits per heavy atom. The van der Waals surface area contributed by atoms with Gasteiger partial charge in [-0.25, -0.2) is 0 Å². The number of aromatic nitrogens is 1. The van der Waals surface area contributed by atoms with Gasteiger partial charge in [0.1, 0.15) is 5.69 Å². The molecule has 0 spiro atoms. The Morgan fingerprint density at radius 2 is 1.77 bits per heavy atom. The summed E-state index contributed by atoms with van der Waals surface area (Å²) in [5.41, 5.74) is 1.13. The first-order chi connectivity index (χ1) is 12.6. The average molecular weight is 352 g/mol. The second-order valence-corrected chi connectivity index (χ2v) is 6.00. The molecule has 0 saturated carbocycles. The van der Waals surface area contributed by atoms with E-state index in [0.717, 1.165) is 5.69 Å². The van der Waals surface area contributed by atoms with Gasteiger partial charge in [-0.05, 0) is 24.3 Å². The minimum atomic E-state index is -0.380. The number of hydrogen-bond donors (Lipinski definition) is 2. The standard InChI is InChI=1S/C19H20N4O3/c24-17-12-14(13-23(17)15-6-2-1-3-7-15)18(25)21-10-11-22-19(26)16-8-4-5-9-20-16/h1-9,14H,10-13H2,(H,21,25)(H,22,26). The molecule has 1 unspecified atom stereocenters. The number of nitrogens with zero attached hydrogens (tertiary/aromatic N) is 2. The van der Waals surface area contributed by atoms with Crippen molar-refractivity contribution in [1.82, 2.24) is 15.6 Å². The molecule has 2 heterocycles. The van der Waals surface area contributed by atoms with Gasteiger partial charge in [-0.1, -0.05) is 24.3 Å². The Kier molecular flexibility index (Phi) is 5.58. The van der Waals surface area contributed by atoms with Crippen LogP contribution in [0.1, 0.15) is 16.9 Å². The molecular formula is C19H20N4O3. The molecule has 1 fully saturated rings. The van der Waals surface area contributed by atoms with Crippen LogP contribution in [0.3, 0.4) is 0 Å². The third-order valence-corrected chi connectivity index (χ3v) is 4.17. The van der Waals surface area contributed by atoms with Crippen molar-refractivity contribution in [1.29, 1.82) is 0 Å². The second kappa shape index (κ2) is 8.24. The summed E-state index contributed by atoms with van der Waals surface area (Å²) in [6, 6.07) is 14.4. The zero-order valence-corrected chi connectivity index (χ0v) is 14.2. The van der Waals surface area contributed by atoms with E-state index >= 15 is 0 Å². The number of carbonyl (C=O) groups is 3. The largest absolute Gasteiger partial charge is 0.354 e. The first-order valence-corrected chi connectivity index (χ1v) is 8.47. The number of pyridine rings is 1. The third kappa shape index (κ3) is 4.24. The van der Waals surface area contributed by atoms with E-state index in [9.17, 15) is 14.4 Å². The number of amides is 3. The lowest BCUT2D eigenvalue weighted by molar-refractivity contribution is -0.126. The molecule has 7 nitrogen and oxygen atoms in total. The molecule has 7 heteroatoms. The van der Waals surface area contributed by atoms with Crippen molar-refractivity contribution in [2.24, 2.45) is 5.92 Å². The summed E-state index contributed by atoms with van der Waals surface area (Å²) in [6.07, 6.45) is 1.74. The van der Waals surface area contributed by atoms with Gasteiger partial charge in [0.15, 0.2) is 0 Å². The molecule has 1 aromatic carbocycles. The van der Waals surface area contributed by atoms with Gasteiger partial charge in [0, 0.05) is 37.9 Å². The van der Waals surface area contributed by atoms with Crippen molar-refractivity contribution < 1.29 is 14.4 Å². The number of anilines is 1. The fourth-order valence-corrected chi connectivity index (χ4v) is 2.83. The van der Waals surface area contributed by atoms with E-state index in [2.05, 4.69) is 15.6 Å². The van der Waals surface area contributed by atoms with Crippen molar-refractivity contribution in [3.8, 4) is 0 Å². The molecule has 3 amide bonds. The predicted octanol–water partition coefficient (Wildman–Crippen LogP) is 0.981. The SMILES string of the molecule is O=C(NCCNC(=O)C1CC(=O)N(c2ccccc2)C1)c1ccccn1. The molecule has 2 aromatic rings. The fourth-order valence-electron chi connectivity index (χ4n) is 2.83. The van der Waals surface area contributed by atoms with E-state index in [-0.39, 0.29) is 30.1 Å². The minimum absolute atomic E-state index is 0.0557. The van der Waals surface area contributed by atoms with Crippen molar-refractivity contribution in [3.63, 3.8) is 0 Å². The summed E-state index contributed by atoms with van der Waals surface area (Å²) in [4.78, 5) is 41.9. The monoisotopic (exact) mass is 352 g/mol. The number of carbonyl (C=O) groups excluding carboxylic acids is 3. The zero-order valence-electron chi connectivity index (χ0n) is 14.2. The number of para-hydroxylation sites is 1. The van der Waals surface area contributed by atoms with Crippen LogP contribution in [0.4, 0.5) is 5.69 Å². The lowest BCUT2D eigenvalue weighted by atomic mass is 10.1. The Labute approximate surface area is 151 Å². The van der Waals surface area contributed by atoms with Crippen molar-refractivity contribution in [2.75, 3.05) is 24.5 Å². The lowest BCUT2D eigenvalue weighted by Crippen LogP contribution is -2.38. The van der Waals surface area contributed by atoms with E-state index in [1.807, 2.05) is 30.3 Å². The molecule has 1 aliphatic heterocycles. The zero-order chi connectivity index (χ0) is 18.4. The van der Waals surface area contributed by atoms with Crippen LogP contribution in [0.5, 0.6) is 0 Å². The molecule has 0 radical (unpaired) electrons. The van der Waals surface area contributed by atoms with Crippen LogP contribution < -0.4 is 15.5 Å². The van der Waals surface area contributed by atoms with Gasteiger partial charge in [-0.15, -0.1) is 0 Å². The summed E-state index contributed by atoms with van der Waals surface area (Å²) < 4.78 is 0. The molecular weight excluding hydrogens is 332 g/mol. The van der Waals surface area contributed by atoms with E-state index < -0.39 is 0 Å². The average Bonchev–Trinajstić information content (AvgIpc) is 3.08. The molecule has 26 heavy (non-hydrogen) atoms. The summed E-state index contributed by atoms with van der Waals surface area (Å²) >= 11 is 0. The number of nitrogens with one attached hydrogen (secondary N) is 2. The Morgan fingerprint density at radius 3 is 2.50 bits per heavy atom. The predicted molar refractivity (Wildman–Crippen MR) is 96.5 cm³/mol. The second-order valence-electron chi connectivity index (χ2n) is 6.00. The highest BCUT2D eigenvalue weighted by Gasteiger charge is 2.34. The van der Waals surface area contributed by atoms with Gasteiger partial charge in [-0.3, -0.25) is 19.4 Å². The number of rotatable bonds is 6. The quantitative estimate of drug-likeness (QED) is 0.758. The molecule has 1 atom stereocenters. The first kappa shape index (κ1) is 17.6. The highest BCUT2D eigenvalue weighted by atomic mass is 16.2. The van der Waals surface area contributed by atoms with E-state index in [1.165, 1.54) is 0 Å². The Hall–Kier alpha value is -3.22. The first-order valence-electron chi connectivity index (χ1n) is 8.47. The molecule has 1 aromatic heterocycles. The van der Waals surface area contributed by atoms with Gasteiger partial charge in [0.05, 0.1) is 5.92 Å². The maximum absolute atomic E-state index is 12.3. The van der Waals surface area contributed by atoms with Gasteiger partial charge < -0.3 is 15.5 Å². The molecule has 1 aliphatic rings. The van der Waals surface area contributed by atoms with Crippen LogP contribution in [0.25, 0.3) is 0 Å². The molecule has 2 N–H and O–H groups in total. The van der Waals surface area contributed by atoms with Gasteiger partial charge in [-0.2, -0.15) is 0 Å². The van der Waals surface area contributed by atoms with Crippen LogP contribution in [0, 0.1) is 5.92 Å². The maximum Gasteiger partial charge on any atom is 0.269 e. The number of hydrogen-bond acceptors (Lipinski definition) is 4. The highest BCUT2D eigenvalue weighted by Crippen LogP contribution is 2.24. The van der Waals surface area contributed by atoms with Gasteiger partial charge >= 0.3 is 0 Å². The Balaban J connectivity index is 1.43. The smallest absolute Gasteiger partial charge is 0.269 e. The Bertz CT molecular complexity index is 780. The fraction of sp³-hybridized carbons (Fsp3) is 0.263. The highest BCUT2D eigenvalue weighted by molar-refractivity contribution is 6.00. The third-order valence-electron chi connectivity index (χ3n) is 4.17. The van der Waals surface area contributed by atoms with Crippen molar-refractivity contribution >= 4 is 23.4 Å². The van der Waals surface area contributed by atoms with Gasteiger partial charge in [0.25, 0.3) is 5.91 Å². The lowest BCUT2D eigenvalue weighted by Gasteiger charge is -2.16. The van der Waals surface area contributed by atoms with Crippen LogP contribution in [-0.4, -0.2) is 42.3 Å². The van der Waals surface area contributed by atoms with E-state index in [4.69, 9.17) is 0 Å². The van der Waals surface area contributed by atoms with E-state index in [0.29, 0.717) is 25.3 Å². The van der Waals surface area contributed by atoms with Crippen molar-refractivity contribution in [2.45, 2.75) is 6.42 Å². The van der Waals surface area contributed by atoms with Gasteiger partial charge in [0.2, 0.25) is 11.8 Å². The molecule has 0 aliphatic carbocycles. The molecule has 134 valence electrons. The van der Waals surface area contributed by atoms with Crippen LogP contribution in [-0.2, 0) is 9.59 Å². The summed E-state index contributed by atoms with van der Waals surface area (Å²) in [6.45, 7) is 0.965. The molecule has 3 rings (SSSR count). The topological polar surface area (TPSA) is 91.4 Å². The van der Waals surface area contributed by atoms with E-state index in [1.54, 1.807) is 29.3 Å². The summed E-state index contributed by atoms with van der Waals surface area (Å²) in [5, 5.41) is 5.47. The van der Waals surface area contributed by atoms with Crippen LogP contribution >= 0.6 is 0 Å². The number of benzene rings is 1. The summed E-state index contributed by atoms with van der Waals surface area (Å²) in [7, 11) is 0. The molecule has 1 saturated heterocycles. The van der Waals surface area contributed by atoms with Crippen molar-refractivity contribution in [3.05, 3.63) is 60.4 Å². The normalized spacial score (nSPS) is 16.4. The van der Waals surface area contributed by atoms with Crippen LogP contribution in [0.2, 0.25) is 0 Å². The maximum atomic E-state index is 12.3. The molecule has 0 bridgehead atoms.